The molecule has 0 spiro atoms. The Bertz CT molecular complexity index is 338. The van der Waals surface area contributed by atoms with Gasteiger partial charge in [0.25, 0.3) is 0 Å². The first-order chi connectivity index (χ1) is 7.63. The average molecular weight is 224 g/mol. The highest BCUT2D eigenvalue weighted by Gasteiger charge is 2.50. The Labute approximate surface area is 94.0 Å². The number of carboxylic acids is 1. The van der Waals surface area contributed by atoms with E-state index in [0.717, 1.165) is 25.7 Å². The molecule has 2 saturated carbocycles. The van der Waals surface area contributed by atoms with E-state index in [-0.39, 0.29) is 30.3 Å². The van der Waals surface area contributed by atoms with Crippen molar-refractivity contribution in [1.82, 2.24) is 0 Å². The van der Waals surface area contributed by atoms with Crippen LogP contribution in [-0.2, 0) is 14.3 Å². The third kappa shape index (κ3) is 1.51. The first-order valence-corrected chi connectivity index (χ1v) is 6.05. The standard InChI is InChI=1S/C12H16O4/c13-11(14)5-9-7-1-6-2-8(4-7)12(15)16-10(9)3-6/h6-10H,1-5H2,(H,13,14). The number of carbonyl (C=O) groups excluding carboxylic acids is 1. The summed E-state index contributed by atoms with van der Waals surface area (Å²) in [5.74, 6) is 0.240. The molecule has 0 radical (unpaired) electrons. The fourth-order valence-corrected chi connectivity index (χ4v) is 3.91. The smallest absolute Gasteiger partial charge is 0.309 e. The van der Waals surface area contributed by atoms with Gasteiger partial charge < -0.3 is 9.84 Å². The summed E-state index contributed by atoms with van der Waals surface area (Å²) in [5, 5.41) is 8.92. The topological polar surface area (TPSA) is 63.6 Å². The third-order valence-corrected chi connectivity index (χ3v) is 4.50. The molecular formula is C12H16O4. The van der Waals surface area contributed by atoms with E-state index in [0.29, 0.717) is 11.8 Å². The Morgan fingerprint density at radius 1 is 1.31 bits per heavy atom. The molecule has 16 heavy (non-hydrogen) atoms. The van der Waals surface area contributed by atoms with E-state index in [1.54, 1.807) is 0 Å². The second-order valence-corrected chi connectivity index (χ2v) is 5.50. The van der Waals surface area contributed by atoms with Crippen molar-refractivity contribution in [3.8, 4) is 0 Å². The van der Waals surface area contributed by atoms with Crippen LogP contribution in [0.5, 0.6) is 0 Å². The SMILES string of the molecule is O=C(O)CC1C2CC3CC(C2)C(=O)OC1C3. The van der Waals surface area contributed by atoms with Gasteiger partial charge in [0.1, 0.15) is 6.10 Å². The summed E-state index contributed by atoms with van der Waals surface area (Å²) in [6, 6.07) is 0. The van der Waals surface area contributed by atoms with Gasteiger partial charge in [0.15, 0.2) is 0 Å². The zero-order valence-corrected chi connectivity index (χ0v) is 9.09. The molecule has 4 bridgehead atoms. The first-order valence-electron chi connectivity index (χ1n) is 6.05. The van der Waals surface area contributed by atoms with Crippen LogP contribution in [0, 0.1) is 23.7 Å². The van der Waals surface area contributed by atoms with E-state index in [1.807, 2.05) is 0 Å². The average Bonchev–Trinajstić information content (AvgIpc) is 2.36. The molecule has 0 aromatic heterocycles. The van der Waals surface area contributed by atoms with E-state index in [4.69, 9.17) is 9.84 Å². The minimum Gasteiger partial charge on any atom is -0.481 e. The van der Waals surface area contributed by atoms with Crippen LogP contribution in [-0.4, -0.2) is 23.1 Å². The maximum absolute atomic E-state index is 11.7. The summed E-state index contributed by atoms with van der Waals surface area (Å²) in [6.45, 7) is 0. The fourth-order valence-electron chi connectivity index (χ4n) is 3.91. The Morgan fingerprint density at radius 3 is 2.88 bits per heavy atom. The molecule has 2 saturated heterocycles. The number of carboxylic acid groups (broad SMARTS) is 1. The van der Waals surface area contributed by atoms with Gasteiger partial charge in [-0.15, -0.1) is 0 Å². The molecule has 2 aliphatic heterocycles. The van der Waals surface area contributed by atoms with Crippen molar-refractivity contribution < 1.29 is 19.4 Å². The van der Waals surface area contributed by atoms with Crippen molar-refractivity contribution in [1.29, 1.82) is 0 Å². The van der Waals surface area contributed by atoms with Crippen LogP contribution in [0.2, 0.25) is 0 Å². The summed E-state index contributed by atoms with van der Waals surface area (Å²) in [4.78, 5) is 22.6. The van der Waals surface area contributed by atoms with E-state index < -0.39 is 5.97 Å². The van der Waals surface area contributed by atoms with Gasteiger partial charge in [-0.3, -0.25) is 9.59 Å². The van der Waals surface area contributed by atoms with Gasteiger partial charge >= 0.3 is 11.9 Å². The summed E-state index contributed by atoms with van der Waals surface area (Å²) < 4.78 is 5.45. The number of rotatable bonds is 2. The monoisotopic (exact) mass is 224 g/mol. The molecule has 4 aliphatic rings. The lowest BCUT2D eigenvalue weighted by molar-refractivity contribution is -0.155. The summed E-state index contributed by atoms with van der Waals surface area (Å²) in [6.07, 6.45) is 3.83. The van der Waals surface area contributed by atoms with Gasteiger partial charge in [-0.1, -0.05) is 0 Å². The van der Waals surface area contributed by atoms with E-state index in [1.165, 1.54) is 0 Å². The fraction of sp³-hybridized carbons (Fsp3) is 0.833. The number of ether oxygens (including phenoxy) is 1. The lowest BCUT2D eigenvalue weighted by atomic mass is 9.63. The maximum atomic E-state index is 11.7. The molecule has 4 nitrogen and oxygen atoms in total. The molecule has 2 heterocycles. The molecule has 0 aromatic carbocycles. The van der Waals surface area contributed by atoms with E-state index >= 15 is 0 Å². The van der Waals surface area contributed by atoms with Gasteiger partial charge in [-0.05, 0) is 37.5 Å². The molecule has 1 N–H and O–H groups in total. The molecule has 0 amide bonds. The van der Waals surface area contributed by atoms with Crippen molar-refractivity contribution >= 4 is 11.9 Å². The number of hydrogen-bond donors (Lipinski definition) is 1. The minimum absolute atomic E-state index is 0.0487. The van der Waals surface area contributed by atoms with Gasteiger partial charge in [0.2, 0.25) is 0 Å². The predicted molar refractivity (Wildman–Crippen MR) is 54.6 cm³/mol. The van der Waals surface area contributed by atoms with Crippen LogP contribution >= 0.6 is 0 Å². The maximum Gasteiger partial charge on any atom is 0.309 e. The Balaban J connectivity index is 1.87. The van der Waals surface area contributed by atoms with Crippen molar-refractivity contribution in [2.45, 2.75) is 38.2 Å². The zero-order valence-electron chi connectivity index (χ0n) is 9.09. The molecule has 0 aromatic rings. The second-order valence-electron chi connectivity index (χ2n) is 5.50. The van der Waals surface area contributed by atoms with Crippen LogP contribution in [0.3, 0.4) is 0 Å². The number of aliphatic carboxylic acids is 1. The van der Waals surface area contributed by atoms with Crippen LogP contribution in [0.25, 0.3) is 0 Å². The van der Waals surface area contributed by atoms with Crippen molar-refractivity contribution in [2.75, 3.05) is 0 Å². The minimum atomic E-state index is -0.770. The normalized spacial score (nSPS) is 45.2. The molecule has 5 atom stereocenters. The van der Waals surface area contributed by atoms with E-state index in [9.17, 15) is 9.59 Å². The highest BCUT2D eigenvalue weighted by molar-refractivity contribution is 5.74. The van der Waals surface area contributed by atoms with Gasteiger partial charge in [0.05, 0.1) is 12.3 Å². The van der Waals surface area contributed by atoms with Gasteiger partial charge in [-0.25, -0.2) is 0 Å². The quantitative estimate of drug-likeness (QED) is 0.721. The van der Waals surface area contributed by atoms with Crippen LogP contribution in [0.4, 0.5) is 0 Å². The zero-order chi connectivity index (χ0) is 11.3. The molecule has 4 heteroatoms. The largest absolute Gasteiger partial charge is 0.481 e. The number of fused-ring (bicyclic) bond motifs is 1. The van der Waals surface area contributed by atoms with E-state index in [2.05, 4.69) is 0 Å². The van der Waals surface area contributed by atoms with Crippen LogP contribution < -0.4 is 0 Å². The Kier molecular flexibility index (Phi) is 2.19. The Morgan fingerprint density at radius 2 is 2.12 bits per heavy atom. The summed E-state index contributed by atoms with van der Waals surface area (Å²) in [5.41, 5.74) is 0. The molecule has 4 rings (SSSR count). The van der Waals surface area contributed by atoms with Gasteiger partial charge in [0, 0.05) is 5.92 Å². The highest BCUT2D eigenvalue weighted by Crippen LogP contribution is 2.50. The number of hydrogen-bond acceptors (Lipinski definition) is 3. The van der Waals surface area contributed by atoms with Gasteiger partial charge in [-0.2, -0.15) is 0 Å². The second kappa shape index (κ2) is 3.47. The summed E-state index contributed by atoms with van der Waals surface area (Å²) in [7, 11) is 0. The van der Waals surface area contributed by atoms with Crippen molar-refractivity contribution in [2.24, 2.45) is 23.7 Å². The van der Waals surface area contributed by atoms with Crippen LogP contribution in [0.1, 0.15) is 32.1 Å². The first kappa shape index (κ1) is 10.1. The van der Waals surface area contributed by atoms with Crippen molar-refractivity contribution in [3.63, 3.8) is 0 Å². The molecule has 4 fully saturated rings. The lowest BCUT2D eigenvalue weighted by Gasteiger charge is -2.41. The van der Waals surface area contributed by atoms with Crippen molar-refractivity contribution in [3.05, 3.63) is 0 Å². The highest BCUT2D eigenvalue weighted by atomic mass is 16.5. The molecular weight excluding hydrogens is 208 g/mol. The molecule has 5 unspecified atom stereocenters. The number of esters is 1. The molecule has 2 aliphatic carbocycles. The van der Waals surface area contributed by atoms with Crippen LogP contribution in [0.15, 0.2) is 0 Å². The number of carbonyl (C=O) groups is 2. The predicted octanol–water partition coefficient (Wildman–Crippen LogP) is 1.44. The summed E-state index contributed by atoms with van der Waals surface area (Å²) >= 11 is 0. The lowest BCUT2D eigenvalue weighted by Crippen LogP contribution is -2.39. The molecule has 88 valence electrons. The Hall–Kier alpha value is -1.06. The third-order valence-electron chi connectivity index (χ3n) is 4.50.